The average Bonchev–Trinajstić information content (AvgIpc) is 2.65. The largest absolute Gasteiger partial charge is 0.491 e. The molecule has 0 aliphatic heterocycles. The fourth-order valence-corrected chi connectivity index (χ4v) is 1.57. The summed E-state index contributed by atoms with van der Waals surface area (Å²) < 4.78 is 7.39. The molecule has 0 radical (unpaired) electrons. The van der Waals surface area contributed by atoms with Gasteiger partial charge < -0.3 is 4.74 Å². The van der Waals surface area contributed by atoms with E-state index in [1.54, 1.807) is 4.68 Å². The van der Waals surface area contributed by atoms with Crippen molar-refractivity contribution in [2.24, 2.45) is 7.05 Å². The van der Waals surface area contributed by atoms with E-state index in [1.165, 1.54) is 0 Å². The van der Waals surface area contributed by atoms with Crippen molar-refractivity contribution < 1.29 is 4.74 Å². The molecule has 3 nitrogen and oxygen atoms in total. The second-order valence-corrected chi connectivity index (χ2v) is 4.09. The number of aryl methyl sites for hydroxylation is 1. The van der Waals surface area contributed by atoms with Crippen molar-refractivity contribution in [1.29, 1.82) is 0 Å². The summed E-state index contributed by atoms with van der Waals surface area (Å²) in [6.07, 6.45) is 4.07. The fourth-order valence-electron chi connectivity index (χ4n) is 1.57. The predicted octanol–water partition coefficient (Wildman–Crippen LogP) is 2.87. The molecule has 0 aliphatic rings. The topological polar surface area (TPSA) is 27.1 Å². The van der Waals surface area contributed by atoms with Gasteiger partial charge in [-0.2, -0.15) is 5.10 Å². The molecular weight excluding hydrogens is 200 g/mol. The maximum atomic E-state index is 5.59. The highest BCUT2D eigenvalue weighted by Crippen LogP contribution is 2.22. The fraction of sp³-hybridized carbons (Fsp3) is 0.308. The van der Waals surface area contributed by atoms with Crippen LogP contribution in [0.4, 0.5) is 0 Å². The zero-order valence-electron chi connectivity index (χ0n) is 9.84. The van der Waals surface area contributed by atoms with Gasteiger partial charge in [-0.3, -0.25) is 4.68 Å². The van der Waals surface area contributed by atoms with E-state index in [9.17, 15) is 0 Å². The van der Waals surface area contributed by atoms with Crippen LogP contribution in [0.25, 0.3) is 11.1 Å². The number of hydrogen-bond donors (Lipinski definition) is 0. The Bertz CT molecular complexity index is 457. The normalized spacial score (nSPS) is 10.8. The van der Waals surface area contributed by atoms with E-state index in [-0.39, 0.29) is 6.10 Å². The molecule has 16 heavy (non-hydrogen) atoms. The van der Waals surface area contributed by atoms with Gasteiger partial charge in [0.25, 0.3) is 0 Å². The molecule has 0 saturated heterocycles. The monoisotopic (exact) mass is 216 g/mol. The first-order chi connectivity index (χ1) is 7.65. The summed E-state index contributed by atoms with van der Waals surface area (Å²) in [5.41, 5.74) is 2.28. The lowest BCUT2D eigenvalue weighted by atomic mass is 10.1. The second-order valence-electron chi connectivity index (χ2n) is 4.09. The minimum absolute atomic E-state index is 0.212. The minimum Gasteiger partial charge on any atom is -0.491 e. The SMILES string of the molecule is CC(C)Oc1ccc(-c2cnn(C)c2)cc1. The smallest absolute Gasteiger partial charge is 0.119 e. The van der Waals surface area contributed by atoms with Crippen molar-refractivity contribution >= 4 is 0 Å². The maximum Gasteiger partial charge on any atom is 0.119 e. The molecule has 2 aromatic rings. The van der Waals surface area contributed by atoms with Crippen LogP contribution in [-0.4, -0.2) is 15.9 Å². The van der Waals surface area contributed by atoms with Crippen molar-refractivity contribution in [3.05, 3.63) is 36.7 Å². The van der Waals surface area contributed by atoms with Gasteiger partial charge in [0, 0.05) is 18.8 Å². The van der Waals surface area contributed by atoms with E-state index in [0.29, 0.717) is 0 Å². The summed E-state index contributed by atoms with van der Waals surface area (Å²) >= 11 is 0. The Morgan fingerprint density at radius 2 is 1.81 bits per heavy atom. The molecule has 0 spiro atoms. The first kappa shape index (κ1) is 10.7. The van der Waals surface area contributed by atoms with E-state index in [0.717, 1.165) is 16.9 Å². The van der Waals surface area contributed by atoms with Gasteiger partial charge in [-0.15, -0.1) is 0 Å². The molecule has 0 aliphatic carbocycles. The summed E-state index contributed by atoms with van der Waals surface area (Å²) in [4.78, 5) is 0. The van der Waals surface area contributed by atoms with E-state index in [1.807, 2.05) is 45.4 Å². The Morgan fingerprint density at radius 3 is 2.31 bits per heavy atom. The third-order valence-electron chi connectivity index (χ3n) is 2.26. The van der Waals surface area contributed by atoms with Gasteiger partial charge in [-0.25, -0.2) is 0 Å². The number of rotatable bonds is 3. The molecule has 1 heterocycles. The van der Waals surface area contributed by atoms with Crippen LogP contribution in [0, 0.1) is 0 Å². The lowest BCUT2D eigenvalue weighted by molar-refractivity contribution is 0.242. The molecule has 2 rings (SSSR count). The predicted molar refractivity (Wildman–Crippen MR) is 64.4 cm³/mol. The molecular formula is C13H16N2O. The van der Waals surface area contributed by atoms with Crippen molar-refractivity contribution in [2.45, 2.75) is 20.0 Å². The molecule has 0 atom stereocenters. The quantitative estimate of drug-likeness (QED) is 0.788. The zero-order valence-corrected chi connectivity index (χ0v) is 9.84. The molecule has 84 valence electrons. The van der Waals surface area contributed by atoms with Crippen LogP contribution in [0.3, 0.4) is 0 Å². The van der Waals surface area contributed by atoms with Gasteiger partial charge in [0.05, 0.1) is 12.3 Å². The Balaban J connectivity index is 2.19. The molecule has 0 saturated carbocycles. The summed E-state index contributed by atoms with van der Waals surface area (Å²) in [5, 5.41) is 4.15. The highest BCUT2D eigenvalue weighted by molar-refractivity contribution is 5.62. The van der Waals surface area contributed by atoms with E-state index >= 15 is 0 Å². The lowest BCUT2D eigenvalue weighted by Crippen LogP contribution is -2.05. The van der Waals surface area contributed by atoms with Crippen LogP contribution in [0.15, 0.2) is 36.7 Å². The molecule has 3 heteroatoms. The number of aromatic nitrogens is 2. The standard InChI is InChI=1S/C13H16N2O/c1-10(2)16-13-6-4-11(5-7-13)12-8-14-15(3)9-12/h4-10H,1-3H3. The van der Waals surface area contributed by atoms with Gasteiger partial charge >= 0.3 is 0 Å². The Morgan fingerprint density at radius 1 is 1.12 bits per heavy atom. The van der Waals surface area contributed by atoms with Crippen LogP contribution in [0.5, 0.6) is 5.75 Å². The molecule has 1 aromatic carbocycles. The Kier molecular flexibility index (Phi) is 2.95. The van der Waals surface area contributed by atoms with Gasteiger partial charge in [0.2, 0.25) is 0 Å². The van der Waals surface area contributed by atoms with Gasteiger partial charge in [-0.05, 0) is 31.5 Å². The number of benzene rings is 1. The molecule has 0 unspecified atom stereocenters. The first-order valence-electron chi connectivity index (χ1n) is 5.41. The minimum atomic E-state index is 0.212. The van der Waals surface area contributed by atoms with Crippen LogP contribution >= 0.6 is 0 Å². The van der Waals surface area contributed by atoms with Gasteiger partial charge in [0.1, 0.15) is 5.75 Å². The van der Waals surface area contributed by atoms with Crippen molar-refractivity contribution in [2.75, 3.05) is 0 Å². The summed E-state index contributed by atoms with van der Waals surface area (Å²) in [7, 11) is 1.92. The molecule has 0 amide bonds. The number of hydrogen-bond acceptors (Lipinski definition) is 2. The molecule has 0 N–H and O–H groups in total. The van der Waals surface area contributed by atoms with Crippen molar-refractivity contribution in [1.82, 2.24) is 9.78 Å². The Hall–Kier alpha value is -1.77. The van der Waals surface area contributed by atoms with Gasteiger partial charge in [0.15, 0.2) is 0 Å². The van der Waals surface area contributed by atoms with Gasteiger partial charge in [-0.1, -0.05) is 12.1 Å². The average molecular weight is 216 g/mol. The number of ether oxygens (including phenoxy) is 1. The summed E-state index contributed by atoms with van der Waals surface area (Å²) in [6.45, 7) is 4.05. The van der Waals surface area contributed by atoms with Crippen LogP contribution in [0.2, 0.25) is 0 Å². The number of nitrogens with zero attached hydrogens (tertiary/aromatic N) is 2. The highest BCUT2D eigenvalue weighted by atomic mass is 16.5. The van der Waals surface area contributed by atoms with Crippen LogP contribution in [-0.2, 0) is 7.05 Å². The lowest BCUT2D eigenvalue weighted by Gasteiger charge is -2.09. The molecule has 0 fully saturated rings. The van der Waals surface area contributed by atoms with E-state index in [4.69, 9.17) is 4.74 Å². The van der Waals surface area contributed by atoms with E-state index < -0.39 is 0 Å². The van der Waals surface area contributed by atoms with Crippen LogP contribution in [0.1, 0.15) is 13.8 Å². The first-order valence-corrected chi connectivity index (χ1v) is 5.41. The summed E-state index contributed by atoms with van der Waals surface area (Å²) in [5.74, 6) is 0.905. The maximum absolute atomic E-state index is 5.59. The van der Waals surface area contributed by atoms with Crippen molar-refractivity contribution in [3.8, 4) is 16.9 Å². The second kappa shape index (κ2) is 4.39. The Labute approximate surface area is 95.7 Å². The summed E-state index contributed by atoms with van der Waals surface area (Å²) in [6, 6.07) is 8.08. The third kappa shape index (κ3) is 2.42. The van der Waals surface area contributed by atoms with Crippen LogP contribution < -0.4 is 4.74 Å². The zero-order chi connectivity index (χ0) is 11.5. The van der Waals surface area contributed by atoms with E-state index in [2.05, 4.69) is 17.2 Å². The molecule has 1 aromatic heterocycles. The molecule has 0 bridgehead atoms. The van der Waals surface area contributed by atoms with Crippen molar-refractivity contribution in [3.63, 3.8) is 0 Å². The highest BCUT2D eigenvalue weighted by Gasteiger charge is 2.01. The third-order valence-corrected chi connectivity index (χ3v) is 2.26.